The van der Waals surface area contributed by atoms with Crippen LogP contribution in [0.15, 0.2) is 39.7 Å². The Hall–Kier alpha value is -1.53. The van der Waals surface area contributed by atoms with Crippen LogP contribution in [0.5, 0.6) is 0 Å². The molecule has 0 aliphatic heterocycles. The molecule has 112 valence electrons. The summed E-state index contributed by atoms with van der Waals surface area (Å²) in [7, 11) is -3.67. The summed E-state index contributed by atoms with van der Waals surface area (Å²) in [5, 5.41) is 0. The van der Waals surface area contributed by atoms with Gasteiger partial charge in [-0.05, 0) is 61.7 Å². The van der Waals surface area contributed by atoms with Crippen LogP contribution < -0.4 is 10.5 Å². The van der Waals surface area contributed by atoms with E-state index in [0.717, 1.165) is 15.6 Å². The van der Waals surface area contributed by atoms with Crippen molar-refractivity contribution in [2.24, 2.45) is 0 Å². The molecule has 0 amide bonds. The topological polar surface area (TPSA) is 72.2 Å². The minimum Gasteiger partial charge on any atom is -0.398 e. The number of benzene rings is 2. The minimum absolute atomic E-state index is 0.205. The number of nitrogen functional groups attached to an aromatic ring is 1. The first-order valence-corrected chi connectivity index (χ1v) is 8.64. The van der Waals surface area contributed by atoms with E-state index in [4.69, 9.17) is 5.73 Å². The van der Waals surface area contributed by atoms with Gasteiger partial charge in [-0.15, -0.1) is 0 Å². The molecule has 0 fully saturated rings. The normalized spacial score (nSPS) is 11.4. The summed E-state index contributed by atoms with van der Waals surface area (Å²) in [5.41, 5.74) is 9.23. The van der Waals surface area contributed by atoms with E-state index in [2.05, 4.69) is 20.7 Å². The number of anilines is 2. The number of rotatable bonds is 3. The average molecular weight is 369 g/mol. The monoisotopic (exact) mass is 368 g/mol. The molecular weight excluding hydrogens is 352 g/mol. The van der Waals surface area contributed by atoms with Gasteiger partial charge in [0.25, 0.3) is 10.0 Å². The van der Waals surface area contributed by atoms with Crippen molar-refractivity contribution in [1.82, 2.24) is 0 Å². The fraction of sp³-hybridized carbons (Fsp3) is 0.200. The molecule has 0 aromatic heterocycles. The molecule has 0 aliphatic carbocycles. The maximum Gasteiger partial charge on any atom is 0.262 e. The van der Waals surface area contributed by atoms with Gasteiger partial charge in [0, 0.05) is 15.8 Å². The largest absolute Gasteiger partial charge is 0.398 e. The van der Waals surface area contributed by atoms with Crippen molar-refractivity contribution in [3.05, 3.63) is 51.5 Å². The summed E-state index contributed by atoms with van der Waals surface area (Å²) in [6.07, 6.45) is 0. The molecular formula is C15H17BrN2O2S. The molecule has 0 atom stereocenters. The Bertz CT molecular complexity index is 802. The predicted molar refractivity (Wildman–Crippen MR) is 90.0 cm³/mol. The van der Waals surface area contributed by atoms with E-state index in [9.17, 15) is 8.42 Å². The fourth-order valence-electron chi connectivity index (χ4n) is 2.00. The zero-order valence-corrected chi connectivity index (χ0v) is 14.5. The Morgan fingerprint density at radius 2 is 1.76 bits per heavy atom. The smallest absolute Gasteiger partial charge is 0.262 e. The molecule has 0 unspecified atom stereocenters. The average Bonchev–Trinajstić information content (AvgIpc) is 2.37. The van der Waals surface area contributed by atoms with Gasteiger partial charge in [-0.2, -0.15) is 0 Å². The maximum absolute atomic E-state index is 12.5. The number of sulfonamides is 1. The van der Waals surface area contributed by atoms with Crippen LogP contribution in [0.4, 0.5) is 11.4 Å². The first kappa shape index (κ1) is 15.9. The summed E-state index contributed by atoms with van der Waals surface area (Å²) in [6, 6.07) is 8.70. The molecule has 0 spiro atoms. The number of nitrogens with two attached hydrogens (primary N) is 1. The SMILES string of the molecule is Cc1cc(N)c(C)c(S(=O)(=O)Nc2ccc(C)c(Br)c2)c1. The standard InChI is InChI=1S/C15H17BrN2O2S/c1-9-6-14(17)11(3)15(7-9)21(19,20)18-12-5-4-10(2)13(16)8-12/h4-8,18H,17H2,1-3H3. The Labute approximate surface area is 133 Å². The van der Waals surface area contributed by atoms with Gasteiger partial charge < -0.3 is 5.73 Å². The lowest BCUT2D eigenvalue weighted by Gasteiger charge is -2.13. The highest BCUT2D eigenvalue weighted by molar-refractivity contribution is 9.10. The number of hydrogen-bond donors (Lipinski definition) is 2. The first-order chi connectivity index (χ1) is 9.70. The van der Waals surface area contributed by atoms with Crippen LogP contribution in [0.3, 0.4) is 0 Å². The van der Waals surface area contributed by atoms with Crippen molar-refractivity contribution in [3.63, 3.8) is 0 Å². The highest BCUT2D eigenvalue weighted by Gasteiger charge is 2.19. The lowest BCUT2D eigenvalue weighted by molar-refractivity contribution is 0.600. The lowest BCUT2D eigenvalue weighted by atomic mass is 10.1. The van der Waals surface area contributed by atoms with Crippen LogP contribution in [-0.4, -0.2) is 8.42 Å². The summed E-state index contributed by atoms with van der Waals surface area (Å²) in [6.45, 7) is 5.46. The second-order valence-electron chi connectivity index (χ2n) is 5.05. The van der Waals surface area contributed by atoms with E-state index in [1.165, 1.54) is 0 Å². The number of nitrogens with one attached hydrogen (secondary N) is 1. The van der Waals surface area contributed by atoms with E-state index in [-0.39, 0.29) is 4.90 Å². The molecule has 0 aliphatic rings. The third kappa shape index (κ3) is 3.39. The quantitative estimate of drug-likeness (QED) is 0.810. The highest BCUT2D eigenvalue weighted by atomic mass is 79.9. The van der Waals surface area contributed by atoms with E-state index < -0.39 is 10.0 Å². The van der Waals surface area contributed by atoms with Crippen LogP contribution in [0.2, 0.25) is 0 Å². The molecule has 0 radical (unpaired) electrons. The molecule has 0 saturated heterocycles. The van der Waals surface area contributed by atoms with E-state index in [1.807, 2.05) is 19.9 Å². The zero-order valence-electron chi connectivity index (χ0n) is 12.1. The third-order valence-electron chi connectivity index (χ3n) is 3.26. The van der Waals surface area contributed by atoms with E-state index in [1.54, 1.807) is 31.2 Å². The van der Waals surface area contributed by atoms with Gasteiger partial charge in [-0.3, -0.25) is 4.72 Å². The minimum atomic E-state index is -3.67. The molecule has 4 nitrogen and oxygen atoms in total. The van der Waals surface area contributed by atoms with Crippen LogP contribution in [0.25, 0.3) is 0 Å². The van der Waals surface area contributed by atoms with Gasteiger partial charge in [0.05, 0.1) is 4.90 Å². The van der Waals surface area contributed by atoms with Gasteiger partial charge in [0.2, 0.25) is 0 Å². The summed E-state index contributed by atoms with van der Waals surface area (Å²) in [5.74, 6) is 0. The van der Waals surface area contributed by atoms with Crippen LogP contribution in [0.1, 0.15) is 16.7 Å². The Morgan fingerprint density at radius 3 is 2.38 bits per heavy atom. The van der Waals surface area contributed by atoms with Crippen molar-refractivity contribution < 1.29 is 8.42 Å². The Balaban J connectivity index is 2.45. The zero-order chi connectivity index (χ0) is 15.8. The van der Waals surface area contributed by atoms with Crippen molar-refractivity contribution in [2.75, 3.05) is 10.5 Å². The van der Waals surface area contributed by atoms with Crippen LogP contribution in [-0.2, 0) is 10.0 Å². The lowest BCUT2D eigenvalue weighted by Crippen LogP contribution is -2.15. The summed E-state index contributed by atoms with van der Waals surface area (Å²) < 4.78 is 28.5. The van der Waals surface area contributed by atoms with Crippen molar-refractivity contribution in [1.29, 1.82) is 0 Å². The van der Waals surface area contributed by atoms with Gasteiger partial charge >= 0.3 is 0 Å². The van der Waals surface area contributed by atoms with Crippen molar-refractivity contribution in [2.45, 2.75) is 25.7 Å². The fourth-order valence-corrected chi connectivity index (χ4v) is 3.79. The summed E-state index contributed by atoms with van der Waals surface area (Å²) in [4.78, 5) is 0.205. The molecule has 2 aromatic carbocycles. The number of halogens is 1. The number of hydrogen-bond acceptors (Lipinski definition) is 3. The third-order valence-corrected chi connectivity index (χ3v) is 5.62. The molecule has 0 saturated carbocycles. The van der Waals surface area contributed by atoms with E-state index in [0.29, 0.717) is 16.9 Å². The number of aryl methyl sites for hydroxylation is 2. The maximum atomic E-state index is 12.5. The highest BCUT2D eigenvalue weighted by Crippen LogP contribution is 2.27. The van der Waals surface area contributed by atoms with Crippen LogP contribution >= 0.6 is 15.9 Å². The predicted octanol–water partition coefficient (Wildman–Crippen LogP) is 3.76. The molecule has 0 heterocycles. The Kier molecular flexibility index (Phi) is 4.30. The van der Waals surface area contributed by atoms with Gasteiger partial charge in [-0.1, -0.05) is 22.0 Å². The second-order valence-corrected chi connectivity index (χ2v) is 7.55. The van der Waals surface area contributed by atoms with Crippen molar-refractivity contribution >= 4 is 37.3 Å². The van der Waals surface area contributed by atoms with Gasteiger partial charge in [-0.25, -0.2) is 8.42 Å². The van der Waals surface area contributed by atoms with Gasteiger partial charge in [0.1, 0.15) is 0 Å². The van der Waals surface area contributed by atoms with Crippen molar-refractivity contribution in [3.8, 4) is 0 Å². The molecule has 21 heavy (non-hydrogen) atoms. The molecule has 3 N–H and O–H groups in total. The molecule has 6 heteroatoms. The Morgan fingerprint density at radius 1 is 1.10 bits per heavy atom. The summed E-state index contributed by atoms with van der Waals surface area (Å²) >= 11 is 3.39. The molecule has 0 bridgehead atoms. The second kappa shape index (κ2) is 5.69. The van der Waals surface area contributed by atoms with Crippen LogP contribution in [0, 0.1) is 20.8 Å². The molecule has 2 rings (SSSR count). The molecule has 2 aromatic rings. The first-order valence-electron chi connectivity index (χ1n) is 6.36. The van der Waals surface area contributed by atoms with Gasteiger partial charge in [0.15, 0.2) is 0 Å². The van der Waals surface area contributed by atoms with E-state index >= 15 is 0 Å².